The third-order valence-corrected chi connectivity index (χ3v) is 4.93. The van der Waals surface area contributed by atoms with Gasteiger partial charge in [0.2, 0.25) is 0 Å². The molecule has 0 amide bonds. The SMILES string of the molecule is CC(C)[C@H](N)C(=O)[O-].CCCC[N+](CCCC)(CCCC)CCCC. The smallest absolute Gasteiger partial charge is 0.0786 e. The van der Waals surface area contributed by atoms with Crippen LogP contribution in [-0.2, 0) is 4.79 Å². The summed E-state index contributed by atoms with van der Waals surface area (Å²) in [6, 6.07) is -0.824. The van der Waals surface area contributed by atoms with Crippen molar-refractivity contribution < 1.29 is 14.4 Å². The Balaban J connectivity index is 0. The summed E-state index contributed by atoms with van der Waals surface area (Å²) in [5.41, 5.74) is 5.10. The van der Waals surface area contributed by atoms with Gasteiger partial charge in [-0.2, -0.15) is 0 Å². The Labute approximate surface area is 157 Å². The molecule has 0 heterocycles. The first kappa shape index (κ1) is 26.6. The van der Waals surface area contributed by atoms with Gasteiger partial charge in [-0.3, -0.25) is 0 Å². The second-order valence-electron chi connectivity index (χ2n) is 7.74. The van der Waals surface area contributed by atoms with Crippen molar-refractivity contribution in [2.24, 2.45) is 11.7 Å². The van der Waals surface area contributed by atoms with Crippen molar-refractivity contribution in [1.29, 1.82) is 0 Å². The molecule has 0 aromatic heterocycles. The van der Waals surface area contributed by atoms with Gasteiger partial charge in [0.15, 0.2) is 0 Å². The Bertz CT molecular complexity index is 269. The van der Waals surface area contributed by atoms with Gasteiger partial charge in [-0.05, 0) is 31.6 Å². The van der Waals surface area contributed by atoms with Gasteiger partial charge < -0.3 is 20.1 Å². The molecule has 0 saturated carbocycles. The number of hydrogen-bond donors (Lipinski definition) is 1. The van der Waals surface area contributed by atoms with E-state index in [0.717, 1.165) is 0 Å². The van der Waals surface area contributed by atoms with Crippen LogP contribution in [0.25, 0.3) is 0 Å². The maximum absolute atomic E-state index is 9.90. The van der Waals surface area contributed by atoms with Crippen LogP contribution in [0, 0.1) is 5.92 Å². The second-order valence-corrected chi connectivity index (χ2v) is 7.74. The first-order valence-corrected chi connectivity index (χ1v) is 10.6. The zero-order valence-electron chi connectivity index (χ0n) is 18.0. The van der Waals surface area contributed by atoms with Crippen molar-refractivity contribution in [3.05, 3.63) is 0 Å². The number of hydrogen-bond acceptors (Lipinski definition) is 3. The predicted octanol–water partition coefficient (Wildman–Crippen LogP) is 3.72. The first-order valence-electron chi connectivity index (χ1n) is 10.6. The van der Waals surface area contributed by atoms with E-state index in [-0.39, 0.29) is 5.92 Å². The van der Waals surface area contributed by atoms with Crippen LogP contribution in [0.1, 0.15) is 92.9 Å². The average Bonchev–Trinajstić information content (AvgIpc) is 2.60. The summed E-state index contributed by atoms with van der Waals surface area (Å²) in [6.45, 7) is 18.5. The van der Waals surface area contributed by atoms with Crippen LogP contribution in [0.15, 0.2) is 0 Å². The number of quaternary nitrogens is 1. The van der Waals surface area contributed by atoms with Gasteiger partial charge >= 0.3 is 0 Å². The maximum Gasteiger partial charge on any atom is 0.0786 e. The van der Waals surface area contributed by atoms with Gasteiger partial charge in [-0.15, -0.1) is 0 Å². The molecule has 1 atom stereocenters. The number of nitrogens with zero attached hydrogens (tertiary/aromatic N) is 1. The van der Waals surface area contributed by atoms with Crippen molar-refractivity contribution in [3.63, 3.8) is 0 Å². The van der Waals surface area contributed by atoms with Crippen LogP contribution >= 0.6 is 0 Å². The molecular weight excluding hydrogens is 312 g/mol. The normalized spacial score (nSPS) is 12.6. The van der Waals surface area contributed by atoms with E-state index in [1.807, 2.05) is 0 Å². The van der Waals surface area contributed by atoms with Crippen LogP contribution in [0.5, 0.6) is 0 Å². The molecule has 0 rings (SSSR count). The van der Waals surface area contributed by atoms with E-state index >= 15 is 0 Å². The summed E-state index contributed by atoms with van der Waals surface area (Å²) in [5.74, 6) is -1.22. The molecule has 152 valence electrons. The van der Waals surface area contributed by atoms with Crippen molar-refractivity contribution in [1.82, 2.24) is 0 Å². The van der Waals surface area contributed by atoms with Crippen LogP contribution in [0.2, 0.25) is 0 Å². The minimum atomic E-state index is -1.18. The zero-order chi connectivity index (χ0) is 19.7. The van der Waals surface area contributed by atoms with Crippen molar-refractivity contribution >= 4 is 5.97 Å². The molecule has 25 heavy (non-hydrogen) atoms. The molecule has 4 heteroatoms. The van der Waals surface area contributed by atoms with Gasteiger partial charge in [0.05, 0.1) is 32.1 Å². The number of carbonyl (C=O) groups excluding carboxylic acids is 1. The molecular formula is C21H46N2O2. The molecule has 0 bridgehead atoms. The molecule has 0 spiro atoms. The fourth-order valence-electron chi connectivity index (χ4n) is 2.92. The minimum Gasteiger partial charge on any atom is -0.548 e. The molecule has 0 aliphatic carbocycles. The Kier molecular flexibility index (Phi) is 17.9. The van der Waals surface area contributed by atoms with Gasteiger partial charge in [0.1, 0.15) is 0 Å². The third-order valence-electron chi connectivity index (χ3n) is 4.93. The van der Waals surface area contributed by atoms with Crippen molar-refractivity contribution in [2.75, 3.05) is 26.2 Å². The van der Waals surface area contributed by atoms with Crippen molar-refractivity contribution in [3.8, 4) is 0 Å². The van der Waals surface area contributed by atoms with E-state index in [2.05, 4.69) is 27.7 Å². The fraction of sp³-hybridized carbons (Fsp3) is 0.952. The lowest BCUT2D eigenvalue weighted by Gasteiger charge is -2.39. The molecule has 4 nitrogen and oxygen atoms in total. The zero-order valence-corrected chi connectivity index (χ0v) is 18.0. The summed E-state index contributed by atoms with van der Waals surface area (Å²) < 4.78 is 1.42. The van der Waals surface area contributed by atoms with Crippen LogP contribution in [0.3, 0.4) is 0 Å². The highest BCUT2D eigenvalue weighted by Crippen LogP contribution is 2.16. The van der Waals surface area contributed by atoms with Gasteiger partial charge in [0.25, 0.3) is 0 Å². The minimum absolute atomic E-state index is 0.0417. The number of carbonyl (C=O) groups is 1. The number of nitrogens with two attached hydrogens (primary N) is 1. The van der Waals surface area contributed by atoms with Crippen LogP contribution < -0.4 is 10.8 Å². The van der Waals surface area contributed by atoms with E-state index in [9.17, 15) is 9.90 Å². The van der Waals surface area contributed by atoms with Crippen molar-refractivity contribution in [2.45, 2.75) is 99.0 Å². The van der Waals surface area contributed by atoms with Gasteiger partial charge in [0, 0.05) is 6.04 Å². The Morgan fingerprint density at radius 1 is 0.800 bits per heavy atom. The fourth-order valence-corrected chi connectivity index (χ4v) is 2.92. The molecule has 0 saturated heterocycles. The van der Waals surface area contributed by atoms with E-state index in [4.69, 9.17) is 5.73 Å². The summed E-state index contributed by atoms with van der Waals surface area (Å²) in [7, 11) is 0. The Morgan fingerprint density at radius 3 is 1.20 bits per heavy atom. The van der Waals surface area contributed by atoms with Crippen LogP contribution in [-0.4, -0.2) is 42.7 Å². The van der Waals surface area contributed by atoms with E-state index in [1.54, 1.807) is 13.8 Å². The van der Waals surface area contributed by atoms with Gasteiger partial charge in [-0.1, -0.05) is 67.2 Å². The highest BCUT2D eigenvalue weighted by atomic mass is 16.4. The number of carboxylic acids is 1. The van der Waals surface area contributed by atoms with E-state index in [0.29, 0.717) is 0 Å². The Hall–Kier alpha value is -0.610. The summed E-state index contributed by atoms with van der Waals surface area (Å²) >= 11 is 0. The maximum atomic E-state index is 9.90. The summed E-state index contributed by atoms with van der Waals surface area (Å²) in [5, 5.41) is 9.90. The lowest BCUT2D eigenvalue weighted by molar-refractivity contribution is -0.929. The largest absolute Gasteiger partial charge is 0.548 e. The molecule has 0 aromatic rings. The predicted molar refractivity (Wildman–Crippen MR) is 107 cm³/mol. The highest BCUT2D eigenvalue weighted by Gasteiger charge is 2.24. The van der Waals surface area contributed by atoms with E-state index < -0.39 is 12.0 Å². The average molecular weight is 359 g/mol. The molecule has 0 fully saturated rings. The lowest BCUT2D eigenvalue weighted by Crippen LogP contribution is -2.50. The molecule has 0 unspecified atom stereocenters. The first-order chi connectivity index (χ1) is 11.8. The summed E-state index contributed by atoms with van der Waals surface area (Å²) in [6.07, 6.45) is 11.1. The topological polar surface area (TPSA) is 66.2 Å². The van der Waals surface area contributed by atoms with Gasteiger partial charge in [-0.25, -0.2) is 0 Å². The molecule has 0 radical (unpaired) electrons. The molecule has 0 aliphatic heterocycles. The summed E-state index contributed by atoms with van der Waals surface area (Å²) in [4.78, 5) is 9.90. The number of carboxylic acid groups (broad SMARTS) is 1. The molecule has 2 N–H and O–H groups in total. The Morgan fingerprint density at radius 2 is 1.08 bits per heavy atom. The number of aliphatic carboxylic acids is 1. The number of unbranched alkanes of at least 4 members (excludes halogenated alkanes) is 4. The van der Waals surface area contributed by atoms with E-state index in [1.165, 1.54) is 82.0 Å². The lowest BCUT2D eigenvalue weighted by atomic mass is 10.1. The molecule has 0 aliphatic rings. The number of rotatable bonds is 14. The highest BCUT2D eigenvalue weighted by molar-refractivity contribution is 5.71. The molecule has 0 aromatic carbocycles. The van der Waals surface area contributed by atoms with Crippen LogP contribution in [0.4, 0.5) is 0 Å². The monoisotopic (exact) mass is 358 g/mol. The third kappa shape index (κ3) is 14.3. The quantitative estimate of drug-likeness (QED) is 0.481. The standard InChI is InChI=1S/C16H36N.C5H11NO2/c1-5-9-13-17(14-10-6-2,15-11-7-3)16-12-8-4;1-3(2)4(6)5(7)8/h5-16H2,1-4H3;3-4H,6H2,1-2H3,(H,7,8)/q+1;/p-1/t;4-/m.0/s1. The second kappa shape index (κ2) is 16.8.